The van der Waals surface area contributed by atoms with E-state index in [1.54, 1.807) is 0 Å². The summed E-state index contributed by atoms with van der Waals surface area (Å²) >= 11 is 0. The van der Waals surface area contributed by atoms with Crippen LogP contribution in [0.3, 0.4) is 0 Å². The highest BCUT2D eigenvalue weighted by Crippen LogP contribution is 1.94. The zero-order valence-electron chi connectivity index (χ0n) is 5.85. The second-order valence-electron chi connectivity index (χ2n) is 2.24. The lowest BCUT2D eigenvalue weighted by Crippen LogP contribution is -2.09. The van der Waals surface area contributed by atoms with Crippen LogP contribution in [-0.2, 0) is 6.54 Å². The van der Waals surface area contributed by atoms with Gasteiger partial charge in [0.25, 0.3) is 0 Å². The fourth-order valence-corrected chi connectivity index (χ4v) is 0.872. The predicted molar refractivity (Wildman–Crippen MR) is 39.7 cm³/mol. The number of aryl methyl sites for hydroxylation is 1. The summed E-state index contributed by atoms with van der Waals surface area (Å²) in [6, 6.07) is 3.37. The van der Waals surface area contributed by atoms with Crippen molar-refractivity contribution in [3.05, 3.63) is 33.7 Å². The highest BCUT2D eigenvalue weighted by Gasteiger charge is 1.91. The minimum absolute atomic E-state index is 0.0829. The molecule has 0 aliphatic heterocycles. The van der Waals surface area contributed by atoms with E-state index in [4.69, 9.17) is 5.73 Å². The fraction of sp³-hybridized carbons (Fsp3) is 0.286. The number of aromatic amines is 1. The number of aromatic nitrogens is 1. The number of hydrogen-bond donors (Lipinski definition) is 2. The molecule has 0 saturated carbocycles. The van der Waals surface area contributed by atoms with Gasteiger partial charge in [0.2, 0.25) is 5.56 Å². The lowest BCUT2D eigenvalue weighted by atomic mass is 10.2. The lowest BCUT2D eigenvalue weighted by Gasteiger charge is -1.95. The maximum absolute atomic E-state index is 10.8. The van der Waals surface area contributed by atoms with E-state index < -0.39 is 0 Å². The van der Waals surface area contributed by atoms with Crippen molar-refractivity contribution in [3.8, 4) is 0 Å². The van der Waals surface area contributed by atoms with E-state index in [9.17, 15) is 4.79 Å². The van der Waals surface area contributed by atoms with Crippen molar-refractivity contribution in [2.24, 2.45) is 5.73 Å². The van der Waals surface area contributed by atoms with Gasteiger partial charge in [0.05, 0.1) is 0 Å². The number of nitrogens with one attached hydrogen (secondary N) is 1. The van der Waals surface area contributed by atoms with Crippen LogP contribution in [0.4, 0.5) is 0 Å². The molecule has 1 aromatic rings. The van der Waals surface area contributed by atoms with Gasteiger partial charge in [0.1, 0.15) is 0 Å². The summed E-state index contributed by atoms with van der Waals surface area (Å²) in [4.78, 5) is 13.4. The van der Waals surface area contributed by atoms with Gasteiger partial charge < -0.3 is 10.7 Å². The molecular formula is C7H10N2O. The van der Waals surface area contributed by atoms with E-state index in [0.717, 1.165) is 11.3 Å². The van der Waals surface area contributed by atoms with Gasteiger partial charge in [-0.3, -0.25) is 4.79 Å². The summed E-state index contributed by atoms with van der Waals surface area (Å²) in [6.07, 6.45) is 0. The lowest BCUT2D eigenvalue weighted by molar-refractivity contribution is 1.02. The predicted octanol–water partition coefficient (Wildman–Crippen LogP) is 0.142. The van der Waals surface area contributed by atoms with Crippen LogP contribution in [0.25, 0.3) is 0 Å². The summed E-state index contributed by atoms with van der Waals surface area (Å²) in [5.41, 5.74) is 6.98. The summed E-state index contributed by atoms with van der Waals surface area (Å²) < 4.78 is 0. The minimum Gasteiger partial charge on any atom is -0.326 e. The molecule has 0 aliphatic rings. The number of hydrogen-bond acceptors (Lipinski definition) is 2. The Morgan fingerprint density at radius 1 is 1.60 bits per heavy atom. The van der Waals surface area contributed by atoms with Gasteiger partial charge in [-0.05, 0) is 18.6 Å². The van der Waals surface area contributed by atoms with Crippen molar-refractivity contribution in [1.29, 1.82) is 0 Å². The van der Waals surface area contributed by atoms with Crippen LogP contribution in [0, 0.1) is 6.92 Å². The summed E-state index contributed by atoms with van der Waals surface area (Å²) in [5, 5.41) is 0. The maximum Gasteiger partial charge on any atom is 0.248 e. The molecule has 1 rings (SSSR count). The molecule has 0 fully saturated rings. The van der Waals surface area contributed by atoms with Crippen LogP contribution in [0.2, 0.25) is 0 Å². The van der Waals surface area contributed by atoms with E-state index >= 15 is 0 Å². The Morgan fingerprint density at radius 3 is 2.80 bits per heavy atom. The summed E-state index contributed by atoms with van der Waals surface area (Å²) in [5.74, 6) is 0. The molecule has 0 saturated heterocycles. The molecule has 1 heterocycles. The van der Waals surface area contributed by atoms with Gasteiger partial charge in [0, 0.05) is 18.3 Å². The first kappa shape index (κ1) is 7.02. The Kier molecular flexibility index (Phi) is 1.87. The quantitative estimate of drug-likeness (QED) is 0.580. The molecule has 3 nitrogen and oxygen atoms in total. The largest absolute Gasteiger partial charge is 0.326 e. The summed E-state index contributed by atoms with van der Waals surface area (Å²) in [6.45, 7) is 2.26. The first-order valence-electron chi connectivity index (χ1n) is 3.12. The average molecular weight is 138 g/mol. The third kappa shape index (κ3) is 1.45. The van der Waals surface area contributed by atoms with Crippen molar-refractivity contribution >= 4 is 0 Å². The van der Waals surface area contributed by atoms with Crippen LogP contribution in [0.15, 0.2) is 16.9 Å². The third-order valence-electron chi connectivity index (χ3n) is 1.27. The van der Waals surface area contributed by atoms with E-state index in [0.29, 0.717) is 6.54 Å². The normalized spacial score (nSPS) is 9.80. The third-order valence-corrected chi connectivity index (χ3v) is 1.27. The average Bonchev–Trinajstić information content (AvgIpc) is 1.85. The van der Waals surface area contributed by atoms with Gasteiger partial charge >= 0.3 is 0 Å². The van der Waals surface area contributed by atoms with Crippen molar-refractivity contribution in [2.75, 3.05) is 0 Å². The van der Waals surface area contributed by atoms with Gasteiger partial charge in [-0.25, -0.2) is 0 Å². The Bertz CT molecular complexity index is 277. The molecule has 0 spiro atoms. The molecule has 3 N–H and O–H groups in total. The van der Waals surface area contributed by atoms with E-state index in [2.05, 4.69) is 4.98 Å². The molecule has 1 aromatic heterocycles. The highest BCUT2D eigenvalue weighted by atomic mass is 16.1. The molecule has 0 bridgehead atoms. The fourth-order valence-electron chi connectivity index (χ4n) is 0.872. The van der Waals surface area contributed by atoms with Crippen molar-refractivity contribution in [2.45, 2.75) is 13.5 Å². The zero-order valence-corrected chi connectivity index (χ0v) is 5.85. The van der Waals surface area contributed by atoms with Crippen molar-refractivity contribution in [1.82, 2.24) is 4.98 Å². The molecule has 3 heteroatoms. The standard InChI is InChI=1S/C7H10N2O/c1-5-2-6(4-8)3-7(10)9-5/h2-3H,4,8H2,1H3,(H,9,10). The Morgan fingerprint density at radius 2 is 2.30 bits per heavy atom. The number of nitrogens with two attached hydrogens (primary N) is 1. The van der Waals surface area contributed by atoms with Gasteiger partial charge in [-0.2, -0.15) is 0 Å². The molecule has 0 atom stereocenters. The van der Waals surface area contributed by atoms with E-state index in [1.165, 1.54) is 6.07 Å². The first-order valence-corrected chi connectivity index (χ1v) is 3.12. The van der Waals surface area contributed by atoms with Crippen LogP contribution in [0.5, 0.6) is 0 Å². The van der Waals surface area contributed by atoms with Gasteiger partial charge in [-0.15, -0.1) is 0 Å². The Hall–Kier alpha value is -1.09. The second-order valence-corrected chi connectivity index (χ2v) is 2.24. The minimum atomic E-state index is -0.0829. The van der Waals surface area contributed by atoms with E-state index in [-0.39, 0.29) is 5.56 Å². The molecule has 0 aliphatic carbocycles. The Labute approximate surface area is 58.9 Å². The Balaban J connectivity index is 3.19. The van der Waals surface area contributed by atoms with Crippen LogP contribution in [0.1, 0.15) is 11.3 Å². The van der Waals surface area contributed by atoms with Crippen molar-refractivity contribution in [3.63, 3.8) is 0 Å². The number of rotatable bonds is 1. The van der Waals surface area contributed by atoms with E-state index in [1.807, 2.05) is 13.0 Å². The smallest absolute Gasteiger partial charge is 0.248 e. The first-order chi connectivity index (χ1) is 4.72. The summed E-state index contributed by atoms with van der Waals surface area (Å²) in [7, 11) is 0. The van der Waals surface area contributed by atoms with Gasteiger partial charge in [0.15, 0.2) is 0 Å². The SMILES string of the molecule is Cc1cc(CN)cc(=O)[nH]1. The maximum atomic E-state index is 10.8. The monoisotopic (exact) mass is 138 g/mol. The number of pyridine rings is 1. The topological polar surface area (TPSA) is 58.9 Å². The molecule has 0 unspecified atom stereocenters. The molecule has 0 amide bonds. The highest BCUT2D eigenvalue weighted by molar-refractivity contribution is 5.14. The number of H-pyrrole nitrogens is 1. The van der Waals surface area contributed by atoms with Gasteiger partial charge in [-0.1, -0.05) is 0 Å². The second kappa shape index (κ2) is 2.66. The molecule has 54 valence electrons. The van der Waals surface area contributed by atoms with Crippen LogP contribution < -0.4 is 11.3 Å². The van der Waals surface area contributed by atoms with Crippen LogP contribution in [-0.4, -0.2) is 4.98 Å². The zero-order chi connectivity index (χ0) is 7.56. The molecule has 0 aromatic carbocycles. The molecule has 10 heavy (non-hydrogen) atoms. The van der Waals surface area contributed by atoms with Crippen molar-refractivity contribution < 1.29 is 0 Å². The van der Waals surface area contributed by atoms with Crippen LogP contribution >= 0.6 is 0 Å². The molecule has 0 radical (unpaired) electrons. The molecular weight excluding hydrogens is 128 g/mol.